The molecule has 3 aromatic rings. The largest absolute Gasteiger partial charge is 0.441 e. The molecule has 0 atom stereocenters. The summed E-state index contributed by atoms with van der Waals surface area (Å²) in [5.41, 5.74) is 1.37. The second kappa shape index (κ2) is 9.99. The van der Waals surface area contributed by atoms with E-state index in [2.05, 4.69) is 14.7 Å². The Morgan fingerprint density at radius 3 is 2.76 bits per heavy atom. The molecule has 0 aliphatic carbocycles. The van der Waals surface area contributed by atoms with Crippen LogP contribution in [0.25, 0.3) is 11.3 Å². The molecule has 0 radical (unpaired) electrons. The topological polar surface area (TPSA) is 105 Å². The maximum atomic E-state index is 12.7. The molecule has 2 heterocycles. The van der Waals surface area contributed by atoms with Crippen molar-refractivity contribution in [3.8, 4) is 11.3 Å². The Balaban J connectivity index is 1.32. The molecule has 0 saturated carbocycles. The molecule has 4 rings (SSSR count). The SMILES string of the molecule is CN1CCC/C1=N\S(=O)(=O)c1cccc(NC(=O)CCCc2ncc(-c3ccccc3)o2)c1. The molecule has 1 aliphatic rings. The number of sulfonamides is 1. The monoisotopic (exact) mass is 466 g/mol. The number of anilines is 1. The predicted molar refractivity (Wildman–Crippen MR) is 126 cm³/mol. The second-order valence-corrected chi connectivity index (χ2v) is 9.53. The fraction of sp³-hybridized carbons (Fsp3) is 0.292. The minimum absolute atomic E-state index is 0.0568. The van der Waals surface area contributed by atoms with Gasteiger partial charge in [0.2, 0.25) is 5.91 Å². The molecule has 2 aromatic carbocycles. The van der Waals surface area contributed by atoms with Gasteiger partial charge >= 0.3 is 0 Å². The third-order valence-corrected chi connectivity index (χ3v) is 6.68. The number of hydrogen-bond acceptors (Lipinski definition) is 5. The maximum absolute atomic E-state index is 12.7. The highest BCUT2D eigenvalue weighted by molar-refractivity contribution is 7.90. The van der Waals surface area contributed by atoms with Crippen molar-refractivity contribution in [3.63, 3.8) is 0 Å². The van der Waals surface area contributed by atoms with Crippen LogP contribution in [0.3, 0.4) is 0 Å². The van der Waals surface area contributed by atoms with Gasteiger partial charge in [0.1, 0.15) is 5.84 Å². The van der Waals surface area contributed by atoms with Crippen molar-refractivity contribution in [2.24, 2.45) is 4.40 Å². The lowest BCUT2D eigenvalue weighted by atomic mass is 10.2. The van der Waals surface area contributed by atoms with Gasteiger partial charge < -0.3 is 14.6 Å². The summed E-state index contributed by atoms with van der Waals surface area (Å²) in [6, 6.07) is 15.9. The van der Waals surface area contributed by atoms with Crippen LogP contribution >= 0.6 is 0 Å². The van der Waals surface area contributed by atoms with Crippen molar-refractivity contribution in [2.45, 2.75) is 37.0 Å². The van der Waals surface area contributed by atoms with E-state index in [0.717, 1.165) is 18.5 Å². The molecule has 1 N–H and O–H groups in total. The Kier molecular flexibility index (Phi) is 6.88. The number of likely N-dealkylation sites (tertiary alicyclic amines) is 1. The maximum Gasteiger partial charge on any atom is 0.284 e. The van der Waals surface area contributed by atoms with Gasteiger partial charge in [0.05, 0.1) is 11.1 Å². The molecule has 1 amide bonds. The van der Waals surface area contributed by atoms with Crippen LogP contribution in [0.2, 0.25) is 0 Å². The first kappa shape index (κ1) is 22.7. The highest BCUT2D eigenvalue weighted by Crippen LogP contribution is 2.22. The molecule has 172 valence electrons. The van der Waals surface area contributed by atoms with Crippen LogP contribution in [0.1, 0.15) is 31.6 Å². The zero-order chi connectivity index (χ0) is 23.3. The van der Waals surface area contributed by atoms with Crippen molar-refractivity contribution in [1.82, 2.24) is 9.88 Å². The highest BCUT2D eigenvalue weighted by Gasteiger charge is 2.20. The number of oxazole rings is 1. The standard InChI is InChI=1S/C24H26N4O4S/c1-28-15-7-12-22(28)27-33(30,31)20-11-5-10-19(16-20)26-23(29)13-6-14-24-25-17-21(32-24)18-8-3-2-4-9-18/h2-5,8-11,16-17H,6-7,12-15H2,1H3,(H,26,29)/b27-22+. The van der Waals surface area contributed by atoms with Gasteiger partial charge in [-0.2, -0.15) is 8.42 Å². The summed E-state index contributed by atoms with van der Waals surface area (Å²) in [4.78, 5) is 18.5. The van der Waals surface area contributed by atoms with Gasteiger partial charge in [-0.15, -0.1) is 4.40 Å². The molecule has 1 aliphatic heterocycles. The number of hydrogen-bond donors (Lipinski definition) is 1. The average molecular weight is 467 g/mol. The van der Waals surface area contributed by atoms with Crippen molar-refractivity contribution in [3.05, 3.63) is 66.7 Å². The summed E-state index contributed by atoms with van der Waals surface area (Å²) < 4.78 is 35.1. The van der Waals surface area contributed by atoms with E-state index < -0.39 is 10.0 Å². The molecular formula is C24H26N4O4S. The van der Waals surface area contributed by atoms with E-state index in [1.165, 1.54) is 12.1 Å². The first-order valence-corrected chi connectivity index (χ1v) is 12.3. The smallest absolute Gasteiger partial charge is 0.284 e. The fourth-order valence-electron chi connectivity index (χ4n) is 3.62. The molecule has 1 fully saturated rings. The molecular weight excluding hydrogens is 440 g/mol. The van der Waals surface area contributed by atoms with E-state index >= 15 is 0 Å². The van der Waals surface area contributed by atoms with E-state index in [1.807, 2.05) is 42.3 Å². The quantitative estimate of drug-likeness (QED) is 0.536. The predicted octanol–water partition coefficient (Wildman–Crippen LogP) is 4.12. The van der Waals surface area contributed by atoms with Crippen LogP contribution in [-0.2, 0) is 21.2 Å². The molecule has 0 spiro atoms. The van der Waals surface area contributed by atoms with Gasteiger partial charge in [-0.3, -0.25) is 4.79 Å². The van der Waals surface area contributed by atoms with Crippen LogP contribution in [0.4, 0.5) is 5.69 Å². The van der Waals surface area contributed by atoms with E-state index in [-0.39, 0.29) is 17.2 Å². The summed E-state index contributed by atoms with van der Waals surface area (Å²) in [6.45, 7) is 0.797. The molecule has 33 heavy (non-hydrogen) atoms. The summed E-state index contributed by atoms with van der Waals surface area (Å²) in [5, 5.41) is 2.76. The lowest BCUT2D eigenvalue weighted by Gasteiger charge is -2.11. The van der Waals surface area contributed by atoms with Gasteiger partial charge in [0.25, 0.3) is 10.0 Å². The van der Waals surface area contributed by atoms with Gasteiger partial charge in [-0.05, 0) is 31.0 Å². The molecule has 1 saturated heterocycles. The Morgan fingerprint density at radius 2 is 2.00 bits per heavy atom. The minimum Gasteiger partial charge on any atom is -0.441 e. The number of amidine groups is 1. The van der Waals surface area contributed by atoms with Gasteiger partial charge in [-0.25, -0.2) is 4.98 Å². The molecule has 9 heteroatoms. The van der Waals surface area contributed by atoms with Crippen molar-refractivity contribution < 1.29 is 17.6 Å². The lowest BCUT2D eigenvalue weighted by molar-refractivity contribution is -0.116. The molecule has 8 nitrogen and oxygen atoms in total. The molecule has 0 bridgehead atoms. The lowest BCUT2D eigenvalue weighted by Crippen LogP contribution is -2.20. The number of nitrogens with zero attached hydrogens (tertiary/aromatic N) is 3. The summed E-state index contributed by atoms with van der Waals surface area (Å²) in [7, 11) is -2.00. The second-order valence-electron chi connectivity index (χ2n) is 7.92. The highest BCUT2D eigenvalue weighted by atomic mass is 32.2. The van der Waals surface area contributed by atoms with E-state index in [4.69, 9.17) is 4.42 Å². The number of amides is 1. The third-order valence-electron chi connectivity index (χ3n) is 5.38. The first-order chi connectivity index (χ1) is 15.9. The molecule has 0 unspecified atom stereocenters. The first-order valence-electron chi connectivity index (χ1n) is 10.9. The zero-order valence-electron chi connectivity index (χ0n) is 18.4. The number of aryl methyl sites for hydroxylation is 1. The third kappa shape index (κ3) is 5.87. The van der Waals surface area contributed by atoms with Crippen molar-refractivity contribution >= 4 is 27.5 Å². The summed E-state index contributed by atoms with van der Waals surface area (Å²) in [6.07, 6.45) is 4.56. The van der Waals surface area contributed by atoms with E-state index in [9.17, 15) is 13.2 Å². The normalized spacial score (nSPS) is 15.2. The van der Waals surface area contributed by atoms with Gasteiger partial charge in [0, 0.05) is 44.1 Å². The Hall–Kier alpha value is -3.46. The number of rotatable bonds is 8. The minimum atomic E-state index is -3.83. The van der Waals surface area contributed by atoms with Crippen molar-refractivity contribution in [1.29, 1.82) is 0 Å². The summed E-state index contributed by atoms with van der Waals surface area (Å²) >= 11 is 0. The number of benzene rings is 2. The number of carbonyl (C=O) groups excluding carboxylic acids is 1. The van der Waals surface area contributed by atoms with Crippen LogP contribution in [0, 0.1) is 0 Å². The number of carbonyl (C=O) groups is 1. The fourth-order valence-corrected chi connectivity index (χ4v) is 4.76. The van der Waals surface area contributed by atoms with E-state index in [0.29, 0.717) is 42.4 Å². The molecule has 1 aromatic heterocycles. The number of nitrogens with one attached hydrogen (secondary N) is 1. The van der Waals surface area contributed by atoms with Gasteiger partial charge in [-0.1, -0.05) is 36.4 Å². The summed E-state index contributed by atoms with van der Waals surface area (Å²) in [5.74, 6) is 1.62. The Labute approximate surface area is 193 Å². The van der Waals surface area contributed by atoms with Crippen LogP contribution < -0.4 is 5.32 Å². The zero-order valence-corrected chi connectivity index (χ0v) is 19.2. The Morgan fingerprint density at radius 1 is 1.18 bits per heavy atom. The average Bonchev–Trinajstić information content (AvgIpc) is 3.43. The van der Waals surface area contributed by atoms with Crippen molar-refractivity contribution in [2.75, 3.05) is 18.9 Å². The van der Waals surface area contributed by atoms with E-state index in [1.54, 1.807) is 18.3 Å². The van der Waals surface area contributed by atoms with Crippen LogP contribution in [0.15, 0.2) is 74.5 Å². The number of aromatic nitrogens is 1. The van der Waals surface area contributed by atoms with Gasteiger partial charge in [0.15, 0.2) is 11.7 Å². The van der Waals surface area contributed by atoms with Crippen LogP contribution in [0.5, 0.6) is 0 Å². The Bertz CT molecular complexity index is 1250. The van der Waals surface area contributed by atoms with Crippen LogP contribution in [-0.4, -0.2) is 43.6 Å².